The monoisotopic (exact) mass is 275 g/mol. The summed E-state index contributed by atoms with van der Waals surface area (Å²) in [4.78, 5) is 0. The smallest absolute Gasteiger partial charge is 0.0654 e. The average molecular weight is 276 g/mol. The molecule has 0 saturated carbocycles. The molecule has 0 heterocycles. The van der Waals surface area contributed by atoms with Crippen molar-refractivity contribution in [3.63, 3.8) is 0 Å². The molecule has 1 aromatic carbocycles. The highest BCUT2D eigenvalue weighted by atomic mass is 28.3. The molecule has 1 rings (SSSR count). The Morgan fingerprint density at radius 2 is 1.42 bits per heavy atom. The Hall–Kier alpha value is -0.563. The van der Waals surface area contributed by atoms with Crippen molar-refractivity contribution in [2.24, 2.45) is 0 Å². The van der Waals surface area contributed by atoms with Gasteiger partial charge in [0.25, 0.3) is 0 Å². The lowest BCUT2D eigenvalue weighted by Crippen LogP contribution is -2.47. The summed E-state index contributed by atoms with van der Waals surface area (Å²) in [6.45, 7) is 6.99. The van der Waals surface area contributed by atoms with Gasteiger partial charge >= 0.3 is 0 Å². The second-order valence-corrected chi connectivity index (χ2v) is 10.5. The summed E-state index contributed by atoms with van der Waals surface area (Å²) in [5, 5.41) is 1.67. The molecule has 0 amide bonds. The molecule has 107 valence electrons. The van der Waals surface area contributed by atoms with Crippen LogP contribution < -0.4 is 5.19 Å². The number of hydrogen-bond acceptors (Lipinski definition) is 0. The quantitative estimate of drug-likeness (QED) is 0.492. The van der Waals surface area contributed by atoms with Crippen LogP contribution in [0.1, 0.15) is 59.3 Å². The SMILES string of the molecule is CCCC[Si](CCCC)(CCCC)c1c[c]ccc1. The van der Waals surface area contributed by atoms with Crippen LogP contribution in [-0.4, -0.2) is 8.07 Å². The molecule has 0 saturated heterocycles. The van der Waals surface area contributed by atoms with Crippen LogP contribution in [-0.2, 0) is 0 Å². The Labute approximate surface area is 121 Å². The zero-order valence-electron chi connectivity index (χ0n) is 13.2. The van der Waals surface area contributed by atoms with E-state index in [-0.39, 0.29) is 0 Å². The molecule has 0 bridgehead atoms. The Bertz CT molecular complexity index is 296. The molecule has 0 unspecified atom stereocenters. The molecule has 0 aliphatic carbocycles. The highest BCUT2D eigenvalue weighted by Crippen LogP contribution is 2.28. The summed E-state index contributed by atoms with van der Waals surface area (Å²) in [7, 11) is -1.27. The predicted molar refractivity (Wildman–Crippen MR) is 89.8 cm³/mol. The summed E-state index contributed by atoms with van der Waals surface area (Å²) in [5.74, 6) is 0. The largest absolute Gasteiger partial charge is 0.0867 e. The maximum Gasteiger partial charge on any atom is 0.0867 e. The van der Waals surface area contributed by atoms with Crippen LogP contribution in [0.4, 0.5) is 0 Å². The minimum absolute atomic E-state index is 1.27. The second-order valence-electron chi connectivity index (χ2n) is 5.88. The molecular weight excluding hydrogens is 244 g/mol. The Balaban J connectivity index is 2.94. The van der Waals surface area contributed by atoms with E-state index in [1.165, 1.54) is 56.7 Å². The maximum absolute atomic E-state index is 3.33. The number of hydrogen-bond donors (Lipinski definition) is 0. The van der Waals surface area contributed by atoms with Crippen LogP contribution in [0.5, 0.6) is 0 Å². The van der Waals surface area contributed by atoms with Crippen molar-refractivity contribution in [2.75, 3.05) is 0 Å². The lowest BCUT2D eigenvalue weighted by Gasteiger charge is -2.33. The maximum atomic E-state index is 3.33. The lowest BCUT2D eigenvalue weighted by atomic mass is 10.4. The molecule has 1 radical (unpaired) electrons. The van der Waals surface area contributed by atoms with E-state index in [1.54, 1.807) is 5.19 Å². The van der Waals surface area contributed by atoms with Crippen molar-refractivity contribution in [3.8, 4) is 0 Å². The van der Waals surface area contributed by atoms with Gasteiger partial charge in [-0.25, -0.2) is 0 Å². The van der Waals surface area contributed by atoms with Gasteiger partial charge in [0.2, 0.25) is 0 Å². The third-order valence-electron chi connectivity index (χ3n) is 4.35. The summed E-state index contributed by atoms with van der Waals surface area (Å²) in [6.07, 6.45) is 8.24. The Morgan fingerprint density at radius 1 is 0.895 bits per heavy atom. The van der Waals surface area contributed by atoms with Crippen LogP contribution in [0.25, 0.3) is 0 Å². The highest BCUT2D eigenvalue weighted by molar-refractivity contribution is 6.91. The van der Waals surface area contributed by atoms with E-state index in [0.29, 0.717) is 0 Å². The number of unbranched alkanes of at least 4 members (excludes halogenated alkanes) is 3. The standard InChI is InChI=1S/C18H31Si/c1-4-7-15-19(16-8-5-2,17-9-6-3)18-13-11-10-12-14-18/h10-11,13-14H,4-9,15-17H2,1-3H3. The third kappa shape index (κ3) is 5.14. The molecule has 1 aromatic rings. The zero-order valence-corrected chi connectivity index (χ0v) is 14.2. The first kappa shape index (κ1) is 16.5. The molecule has 0 spiro atoms. The van der Waals surface area contributed by atoms with E-state index in [1.807, 2.05) is 6.07 Å². The fourth-order valence-electron chi connectivity index (χ4n) is 3.08. The fourth-order valence-corrected chi connectivity index (χ4v) is 8.62. The van der Waals surface area contributed by atoms with Gasteiger partial charge in [0, 0.05) is 0 Å². The van der Waals surface area contributed by atoms with Crippen LogP contribution >= 0.6 is 0 Å². The van der Waals surface area contributed by atoms with E-state index in [9.17, 15) is 0 Å². The molecule has 0 N–H and O–H groups in total. The van der Waals surface area contributed by atoms with Gasteiger partial charge in [-0.15, -0.1) is 0 Å². The van der Waals surface area contributed by atoms with Gasteiger partial charge in [0.1, 0.15) is 0 Å². The van der Waals surface area contributed by atoms with E-state index in [4.69, 9.17) is 0 Å². The number of rotatable bonds is 10. The average Bonchev–Trinajstić information content (AvgIpc) is 2.48. The highest BCUT2D eigenvalue weighted by Gasteiger charge is 2.32. The first-order chi connectivity index (χ1) is 9.29. The van der Waals surface area contributed by atoms with Gasteiger partial charge in [-0.3, -0.25) is 0 Å². The Morgan fingerprint density at radius 3 is 1.79 bits per heavy atom. The van der Waals surface area contributed by atoms with Crippen molar-refractivity contribution < 1.29 is 0 Å². The van der Waals surface area contributed by atoms with E-state index < -0.39 is 8.07 Å². The van der Waals surface area contributed by atoms with Crippen LogP contribution in [0, 0.1) is 6.07 Å². The molecule has 0 nitrogen and oxygen atoms in total. The summed E-state index contributed by atoms with van der Waals surface area (Å²) >= 11 is 0. The van der Waals surface area contributed by atoms with Crippen molar-refractivity contribution in [3.05, 3.63) is 30.3 Å². The fraction of sp³-hybridized carbons (Fsp3) is 0.667. The van der Waals surface area contributed by atoms with Crippen molar-refractivity contribution in [1.82, 2.24) is 0 Å². The normalized spacial score (nSPS) is 11.7. The second kappa shape index (κ2) is 9.36. The number of benzene rings is 1. The van der Waals surface area contributed by atoms with E-state index in [2.05, 4.69) is 45.0 Å². The zero-order chi connectivity index (χ0) is 14.0. The molecule has 0 aliphatic rings. The summed E-state index contributed by atoms with van der Waals surface area (Å²) in [5.41, 5.74) is 0. The molecule has 0 aromatic heterocycles. The van der Waals surface area contributed by atoms with Crippen LogP contribution in [0.15, 0.2) is 24.3 Å². The minimum atomic E-state index is -1.27. The Kier molecular flexibility index (Phi) is 8.12. The van der Waals surface area contributed by atoms with Crippen LogP contribution in [0.2, 0.25) is 18.1 Å². The third-order valence-corrected chi connectivity index (χ3v) is 9.81. The summed E-state index contributed by atoms with van der Waals surface area (Å²) < 4.78 is 0. The van der Waals surface area contributed by atoms with Gasteiger partial charge in [-0.1, -0.05) is 107 Å². The van der Waals surface area contributed by atoms with Gasteiger partial charge in [-0.2, -0.15) is 0 Å². The molecule has 0 aliphatic heterocycles. The molecule has 19 heavy (non-hydrogen) atoms. The van der Waals surface area contributed by atoms with Crippen molar-refractivity contribution in [2.45, 2.75) is 77.4 Å². The topological polar surface area (TPSA) is 0 Å². The van der Waals surface area contributed by atoms with Gasteiger partial charge in [-0.05, 0) is 6.07 Å². The van der Waals surface area contributed by atoms with Gasteiger partial charge in [0.05, 0.1) is 8.07 Å². The van der Waals surface area contributed by atoms with Crippen LogP contribution in [0.3, 0.4) is 0 Å². The van der Waals surface area contributed by atoms with Crippen molar-refractivity contribution in [1.29, 1.82) is 0 Å². The lowest BCUT2D eigenvalue weighted by molar-refractivity contribution is 0.800. The molecular formula is C18H31Si. The van der Waals surface area contributed by atoms with Gasteiger partial charge < -0.3 is 0 Å². The molecule has 0 atom stereocenters. The first-order valence-electron chi connectivity index (χ1n) is 8.25. The molecule has 0 fully saturated rings. The first-order valence-corrected chi connectivity index (χ1v) is 10.9. The van der Waals surface area contributed by atoms with Crippen molar-refractivity contribution >= 4 is 13.3 Å². The minimum Gasteiger partial charge on any atom is -0.0654 e. The van der Waals surface area contributed by atoms with E-state index >= 15 is 0 Å². The van der Waals surface area contributed by atoms with Gasteiger partial charge in [0.15, 0.2) is 0 Å². The van der Waals surface area contributed by atoms with E-state index in [0.717, 1.165) is 0 Å². The molecule has 1 heteroatoms. The predicted octanol–water partition coefficient (Wildman–Crippen LogP) is 5.54. The summed E-state index contributed by atoms with van der Waals surface area (Å²) in [6, 6.07) is 16.7.